The Labute approximate surface area is 160 Å². The lowest BCUT2D eigenvalue weighted by Gasteiger charge is -2.09. The van der Waals surface area contributed by atoms with Gasteiger partial charge in [0.2, 0.25) is 0 Å². The second-order valence-corrected chi connectivity index (χ2v) is 6.00. The van der Waals surface area contributed by atoms with Gasteiger partial charge >= 0.3 is 0 Å². The van der Waals surface area contributed by atoms with Crippen molar-refractivity contribution < 1.29 is 9.53 Å². The van der Waals surface area contributed by atoms with E-state index in [1.165, 1.54) is 0 Å². The number of hydrogen-bond acceptors (Lipinski definition) is 5. The summed E-state index contributed by atoms with van der Waals surface area (Å²) in [5.41, 5.74) is 1.38. The van der Waals surface area contributed by atoms with E-state index >= 15 is 0 Å². The lowest BCUT2D eigenvalue weighted by Crippen LogP contribution is -2.14. The number of nitrogens with one attached hydrogen (secondary N) is 2. The molecule has 0 spiro atoms. The normalized spacial score (nSPS) is 10.3. The molecule has 1 heterocycles. The number of aromatic nitrogens is 2. The van der Waals surface area contributed by atoms with Crippen LogP contribution in [0.25, 0.3) is 0 Å². The van der Waals surface area contributed by atoms with Gasteiger partial charge in [-0.2, -0.15) is 0 Å². The molecule has 0 bridgehead atoms. The maximum absolute atomic E-state index is 12.3. The lowest BCUT2D eigenvalue weighted by atomic mass is 10.3. The van der Waals surface area contributed by atoms with Crippen molar-refractivity contribution in [3.63, 3.8) is 0 Å². The predicted molar refractivity (Wildman–Crippen MR) is 103 cm³/mol. The molecule has 0 atom stereocenters. The molecule has 1 aromatic heterocycles. The molecule has 3 aromatic rings. The molecule has 8 heteroatoms. The molecule has 0 aliphatic rings. The van der Waals surface area contributed by atoms with Gasteiger partial charge in [-0.1, -0.05) is 35.3 Å². The molecule has 0 saturated carbocycles. The van der Waals surface area contributed by atoms with Crippen LogP contribution in [0.15, 0.2) is 54.6 Å². The monoisotopic (exact) mass is 388 g/mol. The first-order valence-corrected chi connectivity index (χ1v) is 8.32. The minimum absolute atomic E-state index is 0.176. The van der Waals surface area contributed by atoms with Gasteiger partial charge in [0.1, 0.15) is 5.75 Å². The number of methoxy groups -OCH3 is 1. The van der Waals surface area contributed by atoms with Crippen LogP contribution < -0.4 is 15.4 Å². The second kappa shape index (κ2) is 8.03. The number of amides is 1. The molecular formula is C18H14Cl2N4O2. The molecule has 1 amide bonds. The molecule has 2 N–H and O–H groups in total. The van der Waals surface area contributed by atoms with Gasteiger partial charge in [-0.05, 0) is 36.4 Å². The van der Waals surface area contributed by atoms with E-state index in [0.717, 1.165) is 0 Å². The van der Waals surface area contributed by atoms with E-state index in [2.05, 4.69) is 20.8 Å². The highest BCUT2D eigenvalue weighted by Gasteiger charge is 2.10. The van der Waals surface area contributed by atoms with Crippen LogP contribution in [0.2, 0.25) is 10.0 Å². The fourth-order valence-electron chi connectivity index (χ4n) is 2.15. The third-order valence-corrected chi connectivity index (χ3v) is 4.26. The van der Waals surface area contributed by atoms with Crippen LogP contribution in [0.4, 0.5) is 17.2 Å². The largest absolute Gasteiger partial charge is 0.497 e. The molecule has 3 rings (SSSR count). The number of carbonyl (C=O) groups excluding carboxylic acids is 1. The minimum atomic E-state index is -0.377. The Hall–Kier alpha value is -2.83. The summed E-state index contributed by atoms with van der Waals surface area (Å²) in [4.78, 5) is 12.3. The van der Waals surface area contributed by atoms with Crippen molar-refractivity contribution in [2.75, 3.05) is 17.7 Å². The average Bonchev–Trinajstić information content (AvgIpc) is 2.66. The number of nitrogens with zero attached hydrogens (tertiary/aromatic N) is 2. The molecule has 0 saturated heterocycles. The van der Waals surface area contributed by atoms with Crippen molar-refractivity contribution >= 4 is 46.3 Å². The predicted octanol–water partition coefficient (Wildman–Crippen LogP) is 4.79. The van der Waals surface area contributed by atoms with Crippen LogP contribution >= 0.6 is 23.2 Å². The Morgan fingerprint density at radius 1 is 1.04 bits per heavy atom. The van der Waals surface area contributed by atoms with E-state index in [1.807, 2.05) is 0 Å². The Balaban J connectivity index is 1.70. The third-order valence-electron chi connectivity index (χ3n) is 3.44. The number of ether oxygens (including phenoxy) is 1. The van der Waals surface area contributed by atoms with Crippen molar-refractivity contribution in [3.8, 4) is 5.75 Å². The molecule has 0 aliphatic heterocycles. The topological polar surface area (TPSA) is 76.1 Å². The standard InChI is InChI=1S/C18H14Cl2N4O2/c1-26-12-5-2-4-11(10-12)21-18(25)15-8-9-16(24-23-15)22-14-7-3-6-13(19)17(14)20/h2-10H,1H3,(H,21,25)(H,22,24). The smallest absolute Gasteiger partial charge is 0.276 e. The van der Waals surface area contributed by atoms with E-state index < -0.39 is 0 Å². The van der Waals surface area contributed by atoms with E-state index in [0.29, 0.717) is 33.0 Å². The van der Waals surface area contributed by atoms with Crippen molar-refractivity contribution in [2.24, 2.45) is 0 Å². The van der Waals surface area contributed by atoms with Gasteiger partial charge in [-0.3, -0.25) is 4.79 Å². The molecule has 6 nitrogen and oxygen atoms in total. The zero-order valence-electron chi connectivity index (χ0n) is 13.7. The maximum atomic E-state index is 12.3. The molecule has 0 radical (unpaired) electrons. The van der Waals surface area contributed by atoms with E-state index in [9.17, 15) is 4.79 Å². The number of hydrogen-bond donors (Lipinski definition) is 2. The van der Waals surface area contributed by atoms with Gasteiger partial charge in [-0.15, -0.1) is 10.2 Å². The average molecular weight is 389 g/mol. The SMILES string of the molecule is COc1cccc(NC(=O)c2ccc(Nc3cccc(Cl)c3Cl)nn2)c1. The van der Waals surface area contributed by atoms with Crippen LogP contribution in [-0.4, -0.2) is 23.2 Å². The number of anilines is 3. The molecular weight excluding hydrogens is 375 g/mol. The highest BCUT2D eigenvalue weighted by atomic mass is 35.5. The number of carbonyl (C=O) groups is 1. The minimum Gasteiger partial charge on any atom is -0.497 e. The van der Waals surface area contributed by atoms with Crippen molar-refractivity contribution in [1.29, 1.82) is 0 Å². The summed E-state index contributed by atoms with van der Waals surface area (Å²) in [7, 11) is 1.56. The number of halogens is 2. The van der Waals surface area contributed by atoms with Crippen LogP contribution in [0, 0.1) is 0 Å². The van der Waals surface area contributed by atoms with Gasteiger partial charge in [0.25, 0.3) is 5.91 Å². The fourth-order valence-corrected chi connectivity index (χ4v) is 2.50. The lowest BCUT2D eigenvalue weighted by molar-refractivity contribution is 0.102. The summed E-state index contributed by atoms with van der Waals surface area (Å²) in [5.74, 6) is 0.706. The van der Waals surface area contributed by atoms with Crippen molar-refractivity contribution in [3.05, 3.63) is 70.3 Å². The van der Waals surface area contributed by atoms with Crippen LogP contribution in [0.5, 0.6) is 5.75 Å². The Kier molecular flexibility index (Phi) is 5.55. The Morgan fingerprint density at radius 3 is 2.58 bits per heavy atom. The van der Waals surface area contributed by atoms with Crippen LogP contribution in [0.3, 0.4) is 0 Å². The highest BCUT2D eigenvalue weighted by Crippen LogP contribution is 2.31. The first-order valence-electron chi connectivity index (χ1n) is 7.57. The van der Waals surface area contributed by atoms with Gasteiger partial charge < -0.3 is 15.4 Å². The first kappa shape index (κ1) is 18.0. The third kappa shape index (κ3) is 4.22. The first-order chi connectivity index (χ1) is 12.6. The molecule has 0 aliphatic carbocycles. The summed E-state index contributed by atoms with van der Waals surface area (Å²) < 4.78 is 5.12. The summed E-state index contributed by atoms with van der Waals surface area (Å²) >= 11 is 12.1. The fraction of sp³-hybridized carbons (Fsp3) is 0.0556. The maximum Gasteiger partial charge on any atom is 0.276 e. The van der Waals surface area contributed by atoms with Crippen molar-refractivity contribution in [2.45, 2.75) is 0 Å². The van der Waals surface area contributed by atoms with Gasteiger partial charge in [0.05, 0.1) is 22.8 Å². The highest BCUT2D eigenvalue weighted by molar-refractivity contribution is 6.43. The second-order valence-electron chi connectivity index (χ2n) is 5.22. The van der Waals surface area contributed by atoms with E-state index in [4.69, 9.17) is 27.9 Å². The number of benzene rings is 2. The summed E-state index contributed by atoms with van der Waals surface area (Å²) in [6, 6.07) is 15.4. The van der Waals surface area contributed by atoms with E-state index in [1.54, 1.807) is 61.7 Å². The molecule has 26 heavy (non-hydrogen) atoms. The van der Waals surface area contributed by atoms with Crippen molar-refractivity contribution in [1.82, 2.24) is 10.2 Å². The Bertz CT molecular complexity index is 933. The van der Waals surface area contributed by atoms with Crippen LogP contribution in [-0.2, 0) is 0 Å². The molecule has 0 unspecified atom stereocenters. The quantitative estimate of drug-likeness (QED) is 0.656. The Morgan fingerprint density at radius 2 is 1.85 bits per heavy atom. The van der Waals surface area contributed by atoms with Gasteiger partial charge in [0.15, 0.2) is 11.5 Å². The van der Waals surface area contributed by atoms with E-state index in [-0.39, 0.29) is 11.6 Å². The van der Waals surface area contributed by atoms with Gasteiger partial charge in [-0.25, -0.2) is 0 Å². The summed E-state index contributed by atoms with van der Waals surface area (Å²) in [6.07, 6.45) is 0. The van der Waals surface area contributed by atoms with Crippen LogP contribution in [0.1, 0.15) is 10.5 Å². The molecule has 132 valence electrons. The number of rotatable bonds is 5. The van der Waals surface area contributed by atoms with Gasteiger partial charge in [0, 0.05) is 11.8 Å². The molecule has 0 fully saturated rings. The summed E-state index contributed by atoms with van der Waals surface area (Å²) in [6.45, 7) is 0. The molecule has 2 aromatic carbocycles. The zero-order valence-corrected chi connectivity index (χ0v) is 15.2. The summed E-state index contributed by atoms with van der Waals surface area (Å²) in [5, 5.41) is 14.5. The zero-order chi connectivity index (χ0) is 18.5.